The maximum Gasteiger partial charge on any atom is 0.227 e. The van der Waals surface area contributed by atoms with Crippen LogP contribution in [0.2, 0.25) is 0 Å². The Balaban J connectivity index is 0.00000218. The highest BCUT2D eigenvalue weighted by Crippen LogP contribution is 2.42. The van der Waals surface area contributed by atoms with Gasteiger partial charge in [0.1, 0.15) is 12.7 Å². The average molecular weight is 446 g/mol. The van der Waals surface area contributed by atoms with Gasteiger partial charge in [0.2, 0.25) is 9.84 Å². The molecule has 7 nitrogen and oxygen atoms in total. The summed E-state index contributed by atoms with van der Waals surface area (Å²) in [5, 5.41) is 11.9. The van der Waals surface area contributed by atoms with Crippen LogP contribution >= 0.6 is 12.4 Å². The van der Waals surface area contributed by atoms with E-state index < -0.39 is 9.84 Å². The summed E-state index contributed by atoms with van der Waals surface area (Å²) in [6, 6.07) is 16.1. The van der Waals surface area contributed by atoms with Crippen LogP contribution < -0.4 is 14.8 Å². The fourth-order valence-corrected chi connectivity index (χ4v) is 5.29. The third kappa shape index (κ3) is 3.17. The molecule has 0 amide bonds. The predicted octanol–water partition coefficient (Wildman–Crippen LogP) is 3.33. The Morgan fingerprint density at radius 3 is 2.77 bits per heavy atom. The monoisotopic (exact) mass is 445 g/mol. The van der Waals surface area contributed by atoms with Crippen molar-refractivity contribution in [3.05, 3.63) is 54.6 Å². The summed E-state index contributed by atoms with van der Waals surface area (Å²) in [6.07, 6.45) is -0.221. The first-order chi connectivity index (χ1) is 14.1. The van der Waals surface area contributed by atoms with E-state index in [0.717, 1.165) is 5.39 Å². The molecule has 0 spiro atoms. The molecule has 2 heterocycles. The van der Waals surface area contributed by atoms with Gasteiger partial charge >= 0.3 is 0 Å². The lowest BCUT2D eigenvalue weighted by Gasteiger charge is -2.27. The summed E-state index contributed by atoms with van der Waals surface area (Å²) < 4.78 is 39.1. The molecule has 1 aliphatic rings. The molecule has 156 valence electrons. The van der Waals surface area contributed by atoms with Crippen LogP contribution in [-0.2, 0) is 9.84 Å². The molecular formula is C21H20ClN3O4S. The molecule has 3 aromatic carbocycles. The minimum atomic E-state index is -3.91. The number of nitrogens with one attached hydrogen (secondary N) is 2. The van der Waals surface area contributed by atoms with Crippen molar-refractivity contribution in [2.75, 3.05) is 20.2 Å². The Kier molecular flexibility index (Phi) is 5.31. The molecule has 0 bridgehead atoms. The van der Waals surface area contributed by atoms with Crippen LogP contribution in [0.1, 0.15) is 0 Å². The van der Waals surface area contributed by atoms with Crippen LogP contribution in [0.25, 0.3) is 21.7 Å². The van der Waals surface area contributed by atoms with E-state index >= 15 is 0 Å². The number of nitrogens with zero attached hydrogens (tertiary/aromatic N) is 1. The highest BCUT2D eigenvalue weighted by atomic mass is 35.5. The van der Waals surface area contributed by atoms with E-state index in [1.54, 1.807) is 30.3 Å². The normalized spacial score (nSPS) is 15.8. The number of sulfone groups is 1. The van der Waals surface area contributed by atoms with Gasteiger partial charge in [0.25, 0.3) is 0 Å². The summed E-state index contributed by atoms with van der Waals surface area (Å²) in [5.41, 5.74) is 0.580. The lowest BCUT2D eigenvalue weighted by Crippen LogP contribution is -2.37. The van der Waals surface area contributed by atoms with Gasteiger partial charge in [-0.05, 0) is 30.6 Å². The molecule has 1 aromatic heterocycles. The number of halogens is 1. The first kappa shape index (κ1) is 20.5. The molecule has 0 aliphatic carbocycles. The van der Waals surface area contributed by atoms with Crippen molar-refractivity contribution in [3.8, 4) is 11.5 Å². The Bertz CT molecular complexity index is 1330. The second-order valence-corrected chi connectivity index (χ2v) is 8.77. The summed E-state index contributed by atoms with van der Waals surface area (Å²) in [6.45, 7) is 0.974. The number of likely N-dealkylation sites (N-methyl/N-ethyl adjacent to an activating group) is 1. The van der Waals surface area contributed by atoms with Crippen LogP contribution in [-0.4, -0.2) is 44.9 Å². The number of benzene rings is 3. The number of fused-ring (bicyclic) bond motifs is 4. The zero-order valence-electron chi connectivity index (χ0n) is 16.1. The first-order valence-corrected chi connectivity index (χ1v) is 10.8. The number of ether oxygens (including phenoxy) is 2. The van der Waals surface area contributed by atoms with Gasteiger partial charge in [0, 0.05) is 11.9 Å². The van der Waals surface area contributed by atoms with Crippen LogP contribution in [0.5, 0.6) is 11.5 Å². The lowest BCUT2D eigenvalue weighted by atomic mass is 10.1. The number of aromatic nitrogens is 2. The molecule has 9 heteroatoms. The molecular weight excluding hydrogens is 426 g/mol. The molecule has 30 heavy (non-hydrogen) atoms. The third-order valence-electron chi connectivity index (χ3n) is 5.05. The minimum absolute atomic E-state index is 0. The van der Waals surface area contributed by atoms with Gasteiger partial charge in [-0.2, -0.15) is 5.10 Å². The lowest BCUT2D eigenvalue weighted by molar-refractivity contribution is 0.0938. The van der Waals surface area contributed by atoms with E-state index in [1.165, 1.54) is 0 Å². The molecule has 1 aliphatic heterocycles. The Labute approximate surface area is 179 Å². The maximum atomic E-state index is 13.6. The van der Waals surface area contributed by atoms with E-state index in [1.807, 2.05) is 31.3 Å². The molecule has 0 unspecified atom stereocenters. The van der Waals surface area contributed by atoms with Crippen molar-refractivity contribution in [1.82, 2.24) is 15.5 Å². The molecule has 5 rings (SSSR count). The molecule has 0 saturated carbocycles. The van der Waals surface area contributed by atoms with E-state index in [4.69, 9.17) is 9.47 Å². The van der Waals surface area contributed by atoms with Gasteiger partial charge in [0.15, 0.2) is 16.5 Å². The minimum Gasteiger partial charge on any atom is -0.486 e. The second-order valence-electron chi connectivity index (χ2n) is 6.93. The second kappa shape index (κ2) is 7.79. The highest BCUT2D eigenvalue weighted by molar-refractivity contribution is 7.91. The standard InChI is InChI=1S/C21H19N3O4S.ClH/c1-22-11-14-12-27-17-10-9-16-19(20(17)28-14)21(24-23-16)29(25,26)18-8-4-6-13-5-2-3-7-15(13)18;/h2-10,14,22H,11-12H2,1H3,(H,23,24);1H/t14-;/m0./s1. The molecule has 0 fully saturated rings. The van der Waals surface area contributed by atoms with Crippen LogP contribution in [0, 0.1) is 0 Å². The van der Waals surface area contributed by atoms with Crippen molar-refractivity contribution < 1.29 is 17.9 Å². The molecule has 0 radical (unpaired) electrons. The van der Waals surface area contributed by atoms with Crippen molar-refractivity contribution in [1.29, 1.82) is 0 Å². The smallest absolute Gasteiger partial charge is 0.227 e. The zero-order valence-corrected chi connectivity index (χ0v) is 17.7. The van der Waals surface area contributed by atoms with E-state index in [-0.39, 0.29) is 28.4 Å². The van der Waals surface area contributed by atoms with Crippen LogP contribution in [0.4, 0.5) is 0 Å². The number of hydrogen-bond donors (Lipinski definition) is 2. The molecule has 0 saturated heterocycles. The predicted molar refractivity (Wildman–Crippen MR) is 117 cm³/mol. The van der Waals surface area contributed by atoms with Gasteiger partial charge in [-0.1, -0.05) is 36.4 Å². The molecule has 4 aromatic rings. The summed E-state index contributed by atoms with van der Waals surface area (Å²) in [5.74, 6) is 0.919. The quantitative estimate of drug-likeness (QED) is 0.500. The summed E-state index contributed by atoms with van der Waals surface area (Å²) in [7, 11) is -2.08. The number of rotatable bonds is 4. The largest absolute Gasteiger partial charge is 0.486 e. The molecule has 2 N–H and O–H groups in total. The van der Waals surface area contributed by atoms with Gasteiger partial charge in [-0.3, -0.25) is 5.10 Å². The summed E-state index contributed by atoms with van der Waals surface area (Å²) >= 11 is 0. The fourth-order valence-electron chi connectivity index (χ4n) is 3.71. The van der Waals surface area contributed by atoms with Gasteiger partial charge < -0.3 is 14.8 Å². The van der Waals surface area contributed by atoms with E-state index in [0.29, 0.717) is 40.9 Å². The van der Waals surface area contributed by atoms with Gasteiger partial charge in [0.05, 0.1) is 15.8 Å². The van der Waals surface area contributed by atoms with Crippen LogP contribution in [0.3, 0.4) is 0 Å². The Hall–Kier alpha value is -2.81. The first-order valence-electron chi connectivity index (χ1n) is 9.27. The van der Waals surface area contributed by atoms with E-state index in [9.17, 15) is 8.42 Å². The number of aromatic amines is 1. The fraction of sp³-hybridized carbons (Fsp3) is 0.190. The Morgan fingerprint density at radius 2 is 1.93 bits per heavy atom. The highest BCUT2D eigenvalue weighted by Gasteiger charge is 2.31. The van der Waals surface area contributed by atoms with Crippen molar-refractivity contribution in [2.24, 2.45) is 0 Å². The van der Waals surface area contributed by atoms with Crippen molar-refractivity contribution in [2.45, 2.75) is 16.0 Å². The van der Waals surface area contributed by atoms with Crippen LogP contribution in [0.15, 0.2) is 64.5 Å². The number of hydrogen-bond acceptors (Lipinski definition) is 6. The topological polar surface area (TPSA) is 93.3 Å². The van der Waals surface area contributed by atoms with Gasteiger partial charge in [-0.25, -0.2) is 8.42 Å². The molecule has 1 atom stereocenters. The average Bonchev–Trinajstić information content (AvgIpc) is 3.19. The SMILES string of the molecule is CNC[C@H]1COc2ccc3[nH]nc(S(=O)(=O)c4cccc5ccccc45)c3c2O1.Cl. The van der Waals surface area contributed by atoms with Gasteiger partial charge in [-0.15, -0.1) is 12.4 Å². The third-order valence-corrected chi connectivity index (χ3v) is 6.79. The van der Waals surface area contributed by atoms with Crippen molar-refractivity contribution >= 4 is 43.9 Å². The zero-order chi connectivity index (χ0) is 20.0. The number of H-pyrrole nitrogens is 1. The van der Waals surface area contributed by atoms with Crippen molar-refractivity contribution in [3.63, 3.8) is 0 Å². The van der Waals surface area contributed by atoms with E-state index in [2.05, 4.69) is 15.5 Å². The Morgan fingerprint density at radius 1 is 1.13 bits per heavy atom. The maximum absolute atomic E-state index is 13.6. The summed E-state index contributed by atoms with van der Waals surface area (Å²) in [4.78, 5) is 0.213.